The van der Waals surface area contributed by atoms with E-state index >= 15 is 0 Å². The first-order chi connectivity index (χ1) is 11.6. The summed E-state index contributed by atoms with van der Waals surface area (Å²) in [5.74, 6) is 0.533. The molecule has 0 amide bonds. The molecule has 3 rings (SSSR count). The fourth-order valence-electron chi connectivity index (χ4n) is 3.74. The Balaban J connectivity index is 1.45. The smallest absolute Gasteiger partial charge is 0.344 e. The molecule has 132 valence electrons. The summed E-state index contributed by atoms with van der Waals surface area (Å²) in [7, 11) is 0. The molecule has 0 radical (unpaired) electrons. The zero-order valence-corrected chi connectivity index (χ0v) is 15.2. The summed E-state index contributed by atoms with van der Waals surface area (Å²) in [4.78, 5) is 14.5. The summed E-state index contributed by atoms with van der Waals surface area (Å²) in [5.41, 5.74) is 0. The van der Waals surface area contributed by atoms with Crippen LogP contribution in [0.3, 0.4) is 0 Å². The maximum atomic E-state index is 12.0. The fraction of sp³-hybridized carbons (Fsp3) is 0.611. The number of carbonyl (C=O) groups excluding carboxylic acids is 1. The molecule has 0 saturated carbocycles. The van der Waals surface area contributed by atoms with E-state index in [0.29, 0.717) is 34.4 Å². The Morgan fingerprint density at radius 1 is 1.17 bits per heavy atom. The van der Waals surface area contributed by atoms with Gasteiger partial charge in [-0.3, -0.25) is 4.90 Å². The number of piperidine rings is 2. The SMILES string of the molecule is O=C(COc1ccc(Cl)cc1Cl)OC[C@H]1CCCN2CCCC[C@H]12. The van der Waals surface area contributed by atoms with E-state index in [2.05, 4.69) is 4.90 Å². The van der Waals surface area contributed by atoms with Crippen molar-refractivity contribution in [2.45, 2.75) is 38.1 Å². The molecule has 0 aromatic heterocycles. The summed E-state index contributed by atoms with van der Waals surface area (Å²) >= 11 is 11.9. The number of ether oxygens (including phenoxy) is 2. The third-order valence-electron chi connectivity index (χ3n) is 4.93. The monoisotopic (exact) mass is 371 g/mol. The Labute approximate surface area is 153 Å². The molecule has 1 aromatic carbocycles. The summed E-state index contributed by atoms with van der Waals surface area (Å²) in [5, 5.41) is 0.921. The zero-order chi connectivity index (χ0) is 16.9. The van der Waals surface area contributed by atoms with E-state index in [1.165, 1.54) is 38.8 Å². The standard InChI is InChI=1S/C18H23Cl2NO3/c19-14-6-7-17(15(20)10-14)23-12-18(22)24-11-13-4-3-9-21-8-2-1-5-16(13)21/h6-7,10,13,16H,1-5,8-9,11-12H2/t13-,16-/m1/s1. The van der Waals surface area contributed by atoms with Gasteiger partial charge in [-0.15, -0.1) is 0 Å². The van der Waals surface area contributed by atoms with E-state index in [0.717, 1.165) is 6.42 Å². The summed E-state index contributed by atoms with van der Waals surface area (Å²) < 4.78 is 10.9. The van der Waals surface area contributed by atoms with Crippen LogP contribution in [-0.2, 0) is 9.53 Å². The molecule has 2 atom stereocenters. The lowest BCUT2D eigenvalue weighted by Gasteiger charge is -2.44. The highest BCUT2D eigenvalue weighted by Gasteiger charge is 2.33. The van der Waals surface area contributed by atoms with Crippen LogP contribution in [0.2, 0.25) is 10.0 Å². The van der Waals surface area contributed by atoms with Crippen molar-refractivity contribution in [1.82, 2.24) is 4.90 Å². The first kappa shape index (κ1) is 17.8. The van der Waals surface area contributed by atoms with Gasteiger partial charge in [0, 0.05) is 17.0 Å². The van der Waals surface area contributed by atoms with Gasteiger partial charge in [0.05, 0.1) is 11.6 Å². The number of rotatable bonds is 5. The van der Waals surface area contributed by atoms with Crippen LogP contribution in [0.4, 0.5) is 0 Å². The molecule has 0 bridgehead atoms. The largest absolute Gasteiger partial charge is 0.480 e. The van der Waals surface area contributed by atoms with Crippen molar-refractivity contribution < 1.29 is 14.3 Å². The molecule has 0 N–H and O–H groups in total. The molecule has 2 aliphatic heterocycles. The lowest BCUT2D eigenvalue weighted by Crippen LogP contribution is -2.49. The van der Waals surface area contributed by atoms with E-state index in [1.807, 2.05) is 0 Å². The minimum atomic E-state index is -0.353. The van der Waals surface area contributed by atoms with Gasteiger partial charge >= 0.3 is 5.97 Å². The van der Waals surface area contributed by atoms with Gasteiger partial charge in [-0.2, -0.15) is 0 Å². The van der Waals surface area contributed by atoms with Gasteiger partial charge in [0.15, 0.2) is 6.61 Å². The minimum Gasteiger partial charge on any atom is -0.480 e. The Hall–Kier alpha value is -0.970. The average molecular weight is 372 g/mol. The van der Waals surface area contributed by atoms with Crippen LogP contribution in [0.5, 0.6) is 5.75 Å². The number of esters is 1. The van der Waals surface area contributed by atoms with Crippen molar-refractivity contribution in [3.05, 3.63) is 28.2 Å². The number of fused-ring (bicyclic) bond motifs is 1. The van der Waals surface area contributed by atoms with Crippen molar-refractivity contribution in [2.75, 3.05) is 26.3 Å². The van der Waals surface area contributed by atoms with Crippen LogP contribution in [0.1, 0.15) is 32.1 Å². The summed E-state index contributed by atoms with van der Waals surface area (Å²) in [6.45, 7) is 2.72. The topological polar surface area (TPSA) is 38.8 Å². The number of nitrogens with zero attached hydrogens (tertiary/aromatic N) is 1. The van der Waals surface area contributed by atoms with Gasteiger partial charge in [0.1, 0.15) is 5.75 Å². The molecule has 24 heavy (non-hydrogen) atoms. The van der Waals surface area contributed by atoms with E-state index in [1.54, 1.807) is 18.2 Å². The van der Waals surface area contributed by atoms with Gasteiger partial charge in [0.25, 0.3) is 0 Å². The number of carbonyl (C=O) groups is 1. The second-order valence-electron chi connectivity index (χ2n) is 6.55. The molecular weight excluding hydrogens is 349 g/mol. The number of benzene rings is 1. The van der Waals surface area contributed by atoms with Crippen LogP contribution in [-0.4, -0.2) is 43.2 Å². The van der Waals surface area contributed by atoms with Gasteiger partial charge < -0.3 is 9.47 Å². The van der Waals surface area contributed by atoms with Crippen LogP contribution in [0.25, 0.3) is 0 Å². The maximum absolute atomic E-state index is 12.0. The number of hydrogen-bond donors (Lipinski definition) is 0. The molecular formula is C18H23Cl2NO3. The molecule has 2 fully saturated rings. The van der Waals surface area contributed by atoms with E-state index in [9.17, 15) is 4.79 Å². The van der Waals surface area contributed by atoms with Crippen molar-refractivity contribution in [3.8, 4) is 5.75 Å². The van der Waals surface area contributed by atoms with Gasteiger partial charge in [0.2, 0.25) is 0 Å². The Morgan fingerprint density at radius 3 is 2.83 bits per heavy atom. The molecule has 2 saturated heterocycles. The van der Waals surface area contributed by atoms with Gasteiger partial charge in [-0.1, -0.05) is 29.6 Å². The normalized spacial score (nSPS) is 24.2. The zero-order valence-electron chi connectivity index (χ0n) is 13.7. The second-order valence-corrected chi connectivity index (χ2v) is 7.39. The van der Waals surface area contributed by atoms with Gasteiger partial charge in [-0.25, -0.2) is 4.79 Å². The molecule has 0 aliphatic carbocycles. The lowest BCUT2D eigenvalue weighted by atomic mass is 9.84. The molecule has 4 nitrogen and oxygen atoms in total. The van der Waals surface area contributed by atoms with Gasteiger partial charge in [-0.05, 0) is 57.0 Å². The van der Waals surface area contributed by atoms with Crippen LogP contribution >= 0.6 is 23.2 Å². The predicted octanol–water partition coefficient (Wildman–Crippen LogP) is 4.18. The van der Waals surface area contributed by atoms with E-state index in [-0.39, 0.29) is 12.6 Å². The third kappa shape index (κ3) is 4.56. The molecule has 0 unspecified atom stereocenters. The Morgan fingerprint density at radius 2 is 2.00 bits per heavy atom. The van der Waals surface area contributed by atoms with Crippen LogP contribution < -0.4 is 4.74 Å². The number of hydrogen-bond acceptors (Lipinski definition) is 4. The molecule has 2 heterocycles. The quantitative estimate of drug-likeness (QED) is 0.727. The van der Waals surface area contributed by atoms with Crippen molar-refractivity contribution in [2.24, 2.45) is 5.92 Å². The fourth-order valence-corrected chi connectivity index (χ4v) is 4.21. The van der Waals surface area contributed by atoms with Crippen LogP contribution in [0.15, 0.2) is 18.2 Å². The first-order valence-electron chi connectivity index (χ1n) is 8.61. The highest BCUT2D eigenvalue weighted by molar-refractivity contribution is 6.35. The van der Waals surface area contributed by atoms with E-state index < -0.39 is 0 Å². The second kappa shape index (κ2) is 8.41. The minimum absolute atomic E-state index is 0.136. The molecule has 6 heteroatoms. The predicted molar refractivity (Wildman–Crippen MR) is 94.9 cm³/mol. The lowest BCUT2D eigenvalue weighted by molar-refractivity contribution is -0.149. The van der Waals surface area contributed by atoms with E-state index in [4.69, 9.17) is 32.7 Å². The van der Waals surface area contributed by atoms with Crippen molar-refractivity contribution in [3.63, 3.8) is 0 Å². The average Bonchev–Trinajstić information content (AvgIpc) is 2.59. The summed E-state index contributed by atoms with van der Waals surface area (Å²) in [6, 6.07) is 5.49. The van der Waals surface area contributed by atoms with Crippen molar-refractivity contribution >= 4 is 29.2 Å². The number of halogens is 2. The summed E-state index contributed by atoms with van der Waals surface area (Å²) in [6.07, 6.45) is 6.12. The van der Waals surface area contributed by atoms with Crippen LogP contribution in [0, 0.1) is 5.92 Å². The highest BCUT2D eigenvalue weighted by Crippen LogP contribution is 2.31. The highest BCUT2D eigenvalue weighted by atomic mass is 35.5. The van der Waals surface area contributed by atoms with Crippen molar-refractivity contribution in [1.29, 1.82) is 0 Å². The molecule has 1 aromatic rings. The Bertz CT molecular complexity index is 579. The Kier molecular flexibility index (Phi) is 6.25. The third-order valence-corrected chi connectivity index (χ3v) is 5.46. The first-order valence-corrected chi connectivity index (χ1v) is 9.36. The maximum Gasteiger partial charge on any atom is 0.344 e. The molecule has 2 aliphatic rings. The molecule has 0 spiro atoms.